The van der Waals surface area contributed by atoms with Gasteiger partial charge in [-0.3, -0.25) is 9.36 Å². The van der Waals surface area contributed by atoms with Gasteiger partial charge >= 0.3 is 5.97 Å². The van der Waals surface area contributed by atoms with E-state index < -0.39 is 12.0 Å². The van der Waals surface area contributed by atoms with Crippen molar-refractivity contribution < 1.29 is 13.9 Å². The van der Waals surface area contributed by atoms with E-state index in [0.29, 0.717) is 26.4 Å². The standard InChI is InChI=1S/C23H20N2O4S/c1-3-28-22(27)19-15(2)24-23-25(20(19)17-12-8-14-29-17)21(26)18(30-23)13-7-11-16-9-5-4-6-10-16/h4-14,20H,3H2,1-2H3/b11-7+,18-13+/t20-/m0/s1. The summed E-state index contributed by atoms with van der Waals surface area (Å²) in [6.45, 7) is 3.72. The predicted octanol–water partition coefficient (Wildman–Crippen LogP) is 3.06. The Bertz CT molecular complexity index is 1300. The van der Waals surface area contributed by atoms with Gasteiger partial charge in [0.25, 0.3) is 5.56 Å². The molecule has 6 nitrogen and oxygen atoms in total. The van der Waals surface area contributed by atoms with Crippen LogP contribution >= 0.6 is 11.3 Å². The molecule has 0 spiro atoms. The van der Waals surface area contributed by atoms with Crippen LogP contribution < -0.4 is 14.9 Å². The van der Waals surface area contributed by atoms with Crippen LogP contribution in [0, 0.1) is 0 Å². The van der Waals surface area contributed by atoms with E-state index in [9.17, 15) is 9.59 Å². The van der Waals surface area contributed by atoms with E-state index in [1.165, 1.54) is 22.2 Å². The number of nitrogens with zero attached hydrogens (tertiary/aromatic N) is 2. The summed E-state index contributed by atoms with van der Waals surface area (Å²) >= 11 is 1.28. The second-order valence-corrected chi connectivity index (χ2v) is 7.62. The summed E-state index contributed by atoms with van der Waals surface area (Å²) in [5, 5.41) is 0. The topological polar surface area (TPSA) is 73.8 Å². The van der Waals surface area contributed by atoms with Crippen LogP contribution in [0.5, 0.6) is 0 Å². The average Bonchev–Trinajstić information content (AvgIpc) is 3.37. The first kappa shape index (κ1) is 19.8. The zero-order valence-corrected chi connectivity index (χ0v) is 17.4. The van der Waals surface area contributed by atoms with Gasteiger partial charge in [-0.15, -0.1) is 0 Å². The van der Waals surface area contributed by atoms with Gasteiger partial charge in [-0.1, -0.05) is 53.8 Å². The molecule has 7 heteroatoms. The van der Waals surface area contributed by atoms with E-state index in [1.54, 1.807) is 32.1 Å². The van der Waals surface area contributed by atoms with E-state index in [1.807, 2.05) is 42.5 Å². The molecule has 0 amide bonds. The van der Waals surface area contributed by atoms with Gasteiger partial charge in [-0.2, -0.15) is 0 Å². The van der Waals surface area contributed by atoms with E-state index in [0.717, 1.165) is 5.56 Å². The maximum atomic E-state index is 13.2. The summed E-state index contributed by atoms with van der Waals surface area (Å²) < 4.78 is 12.8. The summed E-state index contributed by atoms with van der Waals surface area (Å²) in [5.74, 6) is -0.0155. The van der Waals surface area contributed by atoms with Crippen molar-refractivity contribution in [2.45, 2.75) is 19.9 Å². The highest BCUT2D eigenvalue weighted by Crippen LogP contribution is 2.30. The molecule has 1 aliphatic rings. The predicted molar refractivity (Wildman–Crippen MR) is 115 cm³/mol. The molecule has 4 rings (SSSR count). The number of carbonyl (C=O) groups excluding carboxylic acids is 1. The number of ether oxygens (including phenoxy) is 1. The third-order valence-electron chi connectivity index (χ3n) is 4.67. The fraction of sp³-hybridized carbons (Fsp3) is 0.174. The quantitative estimate of drug-likeness (QED) is 0.595. The van der Waals surface area contributed by atoms with Crippen LogP contribution in [-0.4, -0.2) is 17.1 Å². The first-order valence-corrected chi connectivity index (χ1v) is 10.4. The number of thiazole rings is 1. The van der Waals surface area contributed by atoms with Crippen molar-refractivity contribution in [2.24, 2.45) is 4.99 Å². The Morgan fingerprint density at radius 3 is 2.77 bits per heavy atom. The molecule has 0 fully saturated rings. The van der Waals surface area contributed by atoms with Crippen LogP contribution in [0.25, 0.3) is 12.2 Å². The lowest BCUT2D eigenvalue weighted by Gasteiger charge is -2.22. The summed E-state index contributed by atoms with van der Waals surface area (Å²) in [6, 6.07) is 12.6. The van der Waals surface area contributed by atoms with Crippen molar-refractivity contribution in [1.29, 1.82) is 0 Å². The molecular formula is C23H20N2O4S. The van der Waals surface area contributed by atoms with Gasteiger partial charge in [0.15, 0.2) is 4.80 Å². The zero-order valence-electron chi connectivity index (χ0n) is 16.6. The molecule has 0 N–H and O–H groups in total. The van der Waals surface area contributed by atoms with Crippen LogP contribution in [0.3, 0.4) is 0 Å². The van der Waals surface area contributed by atoms with Gasteiger partial charge in [0, 0.05) is 0 Å². The fourth-order valence-electron chi connectivity index (χ4n) is 3.33. The monoisotopic (exact) mass is 420 g/mol. The first-order valence-electron chi connectivity index (χ1n) is 9.55. The van der Waals surface area contributed by atoms with Crippen LogP contribution in [0.1, 0.15) is 31.2 Å². The molecule has 3 aromatic rings. The highest BCUT2D eigenvalue weighted by atomic mass is 32.1. The van der Waals surface area contributed by atoms with Gasteiger partial charge in [0.2, 0.25) is 0 Å². The number of hydrogen-bond acceptors (Lipinski definition) is 6. The lowest BCUT2D eigenvalue weighted by Crippen LogP contribution is -2.39. The molecule has 30 heavy (non-hydrogen) atoms. The number of aromatic nitrogens is 1. The molecule has 2 aromatic heterocycles. The summed E-state index contributed by atoms with van der Waals surface area (Å²) in [6.07, 6.45) is 7.05. The van der Waals surface area contributed by atoms with Crippen molar-refractivity contribution in [2.75, 3.05) is 6.61 Å². The van der Waals surface area contributed by atoms with E-state index >= 15 is 0 Å². The Labute approximate surface area is 176 Å². The minimum absolute atomic E-state index is 0.229. The molecule has 0 saturated heterocycles. The molecule has 0 unspecified atom stereocenters. The zero-order chi connectivity index (χ0) is 21.1. The van der Waals surface area contributed by atoms with E-state index in [2.05, 4.69) is 4.99 Å². The molecule has 0 aliphatic carbocycles. The molecule has 0 bridgehead atoms. The van der Waals surface area contributed by atoms with Gasteiger partial charge in [0.1, 0.15) is 11.8 Å². The second-order valence-electron chi connectivity index (χ2n) is 6.61. The number of allylic oxidation sites excluding steroid dienone is 2. The molecule has 1 aliphatic heterocycles. The Hall–Kier alpha value is -3.45. The van der Waals surface area contributed by atoms with Crippen molar-refractivity contribution >= 4 is 29.5 Å². The average molecular weight is 420 g/mol. The minimum atomic E-state index is -0.712. The maximum absolute atomic E-state index is 13.2. The smallest absolute Gasteiger partial charge is 0.338 e. The number of benzene rings is 1. The van der Waals surface area contributed by atoms with Gasteiger partial charge in [-0.25, -0.2) is 9.79 Å². The lowest BCUT2D eigenvalue weighted by atomic mass is 10.0. The third-order valence-corrected chi connectivity index (χ3v) is 5.67. The summed E-state index contributed by atoms with van der Waals surface area (Å²) in [5.41, 5.74) is 1.63. The number of hydrogen-bond donors (Lipinski definition) is 0. The van der Waals surface area contributed by atoms with Crippen LogP contribution in [0.2, 0.25) is 0 Å². The Morgan fingerprint density at radius 1 is 1.27 bits per heavy atom. The van der Waals surface area contributed by atoms with E-state index in [-0.39, 0.29) is 12.2 Å². The number of carbonyl (C=O) groups is 1. The largest absolute Gasteiger partial charge is 0.467 e. The number of esters is 1. The van der Waals surface area contributed by atoms with Gasteiger partial charge < -0.3 is 9.15 Å². The maximum Gasteiger partial charge on any atom is 0.338 e. The number of furan rings is 1. The normalized spacial score (nSPS) is 16.6. The second kappa shape index (κ2) is 8.51. The summed E-state index contributed by atoms with van der Waals surface area (Å²) in [7, 11) is 0. The van der Waals surface area contributed by atoms with Gasteiger partial charge in [0.05, 0.1) is 28.7 Å². The van der Waals surface area contributed by atoms with E-state index in [4.69, 9.17) is 9.15 Å². The Morgan fingerprint density at radius 2 is 2.07 bits per heavy atom. The lowest BCUT2D eigenvalue weighted by molar-refractivity contribution is -0.139. The number of fused-ring (bicyclic) bond motifs is 1. The van der Waals surface area contributed by atoms with Crippen molar-refractivity contribution in [3.8, 4) is 0 Å². The molecule has 0 radical (unpaired) electrons. The van der Waals surface area contributed by atoms with Crippen molar-refractivity contribution in [1.82, 2.24) is 4.57 Å². The molecule has 1 atom stereocenters. The minimum Gasteiger partial charge on any atom is -0.467 e. The van der Waals surface area contributed by atoms with Gasteiger partial charge in [-0.05, 0) is 37.6 Å². The van der Waals surface area contributed by atoms with Crippen molar-refractivity contribution in [3.63, 3.8) is 0 Å². The SMILES string of the molecule is CCOC(=O)C1=C(C)N=c2s/c(=C/C=C/c3ccccc3)c(=O)n2[C@H]1c1ccco1. The highest BCUT2D eigenvalue weighted by molar-refractivity contribution is 7.07. The van der Waals surface area contributed by atoms with Crippen LogP contribution in [0.4, 0.5) is 0 Å². The number of rotatable bonds is 5. The molecule has 1 aromatic carbocycles. The molecule has 152 valence electrons. The third kappa shape index (κ3) is 3.71. The fourth-order valence-corrected chi connectivity index (χ4v) is 4.33. The summed E-state index contributed by atoms with van der Waals surface area (Å²) in [4.78, 5) is 30.9. The van der Waals surface area contributed by atoms with Crippen LogP contribution in [-0.2, 0) is 9.53 Å². The molecule has 0 saturated carbocycles. The Kier molecular flexibility index (Phi) is 5.63. The molecule has 3 heterocycles. The Balaban J connectivity index is 1.83. The van der Waals surface area contributed by atoms with Crippen molar-refractivity contribution in [3.05, 3.63) is 97.1 Å². The highest BCUT2D eigenvalue weighted by Gasteiger charge is 2.34. The van der Waals surface area contributed by atoms with Crippen LogP contribution in [0.15, 0.2) is 80.3 Å². The molecular weight excluding hydrogens is 400 g/mol. The first-order chi connectivity index (χ1) is 14.6.